The molecule has 0 aromatic heterocycles. The normalized spacial score (nSPS) is 18.2. The minimum absolute atomic E-state index is 0.00640. The summed E-state index contributed by atoms with van der Waals surface area (Å²) in [6, 6.07) is 22.2. The molecule has 0 radical (unpaired) electrons. The number of hydrogen-bond acceptors (Lipinski definition) is 4. The molecule has 3 aromatic carbocycles. The third-order valence-corrected chi connectivity index (χ3v) is 5.07. The van der Waals surface area contributed by atoms with Gasteiger partial charge in [0, 0.05) is 28.4 Å². The molecule has 7 nitrogen and oxygen atoms in total. The summed E-state index contributed by atoms with van der Waals surface area (Å²) in [5.41, 5.74) is 2.19. The average molecular weight is 424 g/mol. The van der Waals surface area contributed by atoms with Crippen molar-refractivity contribution in [3.05, 3.63) is 105 Å². The molecule has 2 atom stereocenters. The van der Waals surface area contributed by atoms with E-state index in [4.69, 9.17) is 16.3 Å². The maximum absolute atomic E-state index is 13.0. The fourth-order valence-corrected chi connectivity index (χ4v) is 3.56. The highest BCUT2D eigenvalue weighted by molar-refractivity contribution is 6.30. The Morgan fingerprint density at radius 3 is 2.43 bits per heavy atom. The molecule has 0 spiro atoms. The number of benzene rings is 3. The van der Waals surface area contributed by atoms with Gasteiger partial charge in [0.05, 0.1) is 11.5 Å². The lowest BCUT2D eigenvalue weighted by molar-refractivity contribution is -0.384. The first-order valence-corrected chi connectivity index (χ1v) is 9.67. The molecule has 2 amide bonds. The molecule has 1 aliphatic rings. The monoisotopic (exact) mass is 423 g/mol. The first kappa shape index (κ1) is 19.9. The Balaban J connectivity index is 1.59. The number of nitrogens with one attached hydrogen (secondary N) is 1. The third-order valence-electron chi connectivity index (χ3n) is 4.84. The van der Waals surface area contributed by atoms with E-state index in [0.717, 1.165) is 11.1 Å². The molecular formula is C22H18ClN3O4. The number of rotatable bonds is 4. The van der Waals surface area contributed by atoms with Gasteiger partial charge in [-0.1, -0.05) is 48.0 Å². The molecule has 1 heterocycles. The Morgan fingerprint density at radius 1 is 1.03 bits per heavy atom. The Morgan fingerprint density at radius 2 is 1.77 bits per heavy atom. The predicted octanol–water partition coefficient (Wildman–Crippen LogP) is 5.55. The second-order valence-electron chi connectivity index (χ2n) is 6.83. The summed E-state index contributed by atoms with van der Waals surface area (Å²) in [4.78, 5) is 25.1. The maximum Gasteiger partial charge on any atom is 0.324 e. The molecule has 0 unspecified atom stereocenters. The Kier molecular flexibility index (Phi) is 5.65. The van der Waals surface area contributed by atoms with E-state index in [-0.39, 0.29) is 11.7 Å². The Labute approximate surface area is 178 Å². The highest BCUT2D eigenvalue weighted by Gasteiger charge is 2.38. The molecule has 3 aromatic rings. The van der Waals surface area contributed by atoms with E-state index in [9.17, 15) is 14.9 Å². The molecule has 8 heteroatoms. The van der Waals surface area contributed by atoms with Gasteiger partial charge in [0.25, 0.3) is 5.69 Å². The van der Waals surface area contributed by atoms with Crippen LogP contribution < -0.4 is 5.32 Å². The van der Waals surface area contributed by atoms with Crippen molar-refractivity contribution in [2.24, 2.45) is 0 Å². The van der Waals surface area contributed by atoms with E-state index in [1.54, 1.807) is 41.3 Å². The van der Waals surface area contributed by atoms with E-state index in [1.165, 1.54) is 12.1 Å². The van der Waals surface area contributed by atoms with E-state index >= 15 is 0 Å². The van der Waals surface area contributed by atoms with Gasteiger partial charge in [-0.15, -0.1) is 0 Å². The lowest BCUT2D eigenvalue weighted by atomic mass is 10.1. The topological polar surface area (TPSA) is 84.7 Å². The molecule has 0 saturated carbocycles. The number of amides is 2. The third kappa shape index (κ3) is 4.27. The van der Waals surface area contributed by atoms with Crippen LogP contribution in [0.3, 0.4) is 0 Å². The minimum atomic E-state index is -0.592. The van der Waals surface area contributed by atoms with Gasteiger partial charge in [-0.3, -0.25) is 15.0 Å². The number of urea groups is 1. The predicted molar refractivity (Wildman–Crippen MR) is 113 cm³/mol. The van der Waals surface area contributed by atoms with Gasteiger partial charge in [0.2, 0.25) is 0 Å². The molecule has 1 N–H and O–H groups in total. The van der Waals surface area contributed by atoms with Gasteiger partial charge < -0.3 is 10.1 Å². The second-order valence-corrected chi connectivity index (χ2v) is 7.27. The number of hydrogen-bond donors (Lipinski definition) is 1. The number of anilines is 1. The fraction of sp³-hybridized carbons (Fsp3) is 0.136. The molecule has 152 valence electrons. The first-order valence-electron chi connectivity index (χ1n) is 9.29. The summed E-state index contributed by atoms with van der Waals surface area (Å²) < 4.78 is 6.20. The van der Waals surface area contributed by atoms with Crippen LogP contribution in [0.15, 0.2) is 78.9 Å². The van der Waals surface area contributed by atoms with E-state index in [2.05, 4.69) is 5.32 Å². The van der Waals surface area contributed by atoms with Crippen molar-refractivity contribution < 1.29 is 14.5 Å². The summed E-state index contributed by atoms with van der Waals surface area (Å²) in [5, 5.41) is 14.3. The molecular weight excluding hydrogens is 406 g/mol. The standard InChI is InChI=1S/C22H18ClN3O4/c23-17-7-4-8-18(13-17)24-22(27)25-14-20(15-9-11-19(12-10-15)26(28)29)30-21(25)16-5-2-1-3-6-16/h1-13,20-21H,14H2,(H,24,27)/t20-,21-/m0/s1. The number of nitro groups is 1. The van der Waals surface area contributed by atoms with Crippen molar-refractivity contribution in [2.75, 3.05) is 11.9 Å². The quantitative estimate of drug-likeness (QED) is 0.440. The van der Waals surface area contributed by atoms with Crippen molar-refractivity contribution in [3.8, 4) is 0 Å². The number of halogens is 1. The van der Waals surface area contributed by atoms with E-state index in [1.807, 2.05) is 30.3 Å². The largest absolute Gasteiger partial charge is 0.344 e. The van der Waals surface area contributed by atoms with Gasteiger partial charge in [-0.05, 0) is 35.9 Å². The summed E-state index contributed by atoms with van der Waals surface area (Å²) in [5.74, 6) is 0. The van der Waals surface area contributed by atoms with Crippen LogP contribution in [0.1, 0.15) is 23.5 Å². The van der Waals surface area contributed by atoms with Gasteiger partial charge in [-0.25, -0.2) is 4.79 Å². The van der Waals surface area contributed by atoms with Crippen LogP contribution in [0.5, 0.6) is 0 Å². The first-order chi connectivity index (χ1) is 14.5. The molecule has 30 heavy (non-hydrogen) atoms. The summed E-state index contributed by atoms with van der Waals surface area (Å²) in [6.45, 7) is 0.295. The van der Waals surface area contributed by atoms with E-state index in [0.29, 0.717) is 17.3 Å². The number of nitro benzene ring substituents is 1. The van der Waals surface area contributed by atoms with Crippen LogP contribution in [0.25, 0.3) is 0 Å². The summed E-state index contributed by atoms with van der Waals surface area (Å²) in [6.07, 6.45) is -1.01. The average Bonchev–Trinajstić information content (AvgIpc) is 3.20. The lowest BCUT2D eigenvalue weighted by Gasteiger charge is -2.23. The highest BCUT2D eigenvalue weighted by atomic mass is 35.5. The fourth-order valence-electron chi connectivity index (χ4n) is 3.37. The smallest absolute Gasteiger partial charge is 0.324 e. The van der Waals surface area contributed by atoms with Crippen molar-refractivity contribution in [1.29, 1.82) is 0 Å². The van der Waals surface area contributed by atoms with Crippen molar-refractivity contribution in [3.63, 3.8) is 0 Å². The number of non-ortho nitro benzene ring substituents is 1. The SMILES string of the molecule is O=C(Nc1cccc(Cl)c1)N1C[C@@H](c2ccc([N+](=O)[O-])cc2)O[C@H]1c1ccccc1. The molecule has 1 aliphatic heterocycles. The Bertz CT molecular complexity index is 1060. The second kappa shape index (κ2) is 8.52. The number of ether oxygens (including phenoxy) is 1. The zero-order chi connectivity index (χ0) is 21.1. The zero-order valence-electron chi connectivity index (χ0n) is 15.8. The van der Waals surface area contributed by atoms with Gasteiger partial charge in [-0.2, -0.15) is 0 Å². The molecule has 0 aliphatic carbocycles. The zero-order valence-corrected chi connectivity index (χ0v) is 16.5. The molecule has 1 saturated heterocycles. The molecule has 4 rings (SSSR count). The van der Waals surface area contributed by atoms with Crippen LogP contribution in [0, 0.1) is 10.1 Å². The van der Waals surface area contributed by atoms with Crippen molar-refractivity contribution in [1.82, 2.24) is 4.90 Å². The minimum Gasteiger partial charge on any atom is -0.344 e. The highest BCUT2D eigenvalue weighted by Crippen LogP contribution is 2.38. The van der Waals surface area contributed by atoms with Crippen molar-refractivity contribution >= 4 is 29.0 Å². The van der Waals surface area contributed by atoms with Gasteiger partial charge in [0.15, 0.2) is 6.23 Å². The van der Waals surface area contributed by atoms with Crippen LogP contribution >= 0.6 is 11.6 Å². The maximum atomic E-state index is 13.0. The molecule has 0 bridgehead atoms. The number of carbonyl (C=O) groups excluding carboxylic acids is 1. The van der Waals surface area contributed by atoms with Gasteiger partial charge >= 0.3 is 6.03 Å². The lowest BCUT2D eigenvalue weighted by Crippen LogP contribution is -2.35. The van der Waals surface area contributed by atoms with Crippen LogP contribution in [0.4, 0.5) is 16.2 Å². The van der Waals surface area contributed by atoms with Gasteiger partial charge in [0.1, 0.15) is 6.10 Å². The Hall–Kier alpha value is -3.42. The van der Waals surface area contributed by atoms with Crippen molar-refractivity contribution in [2.45, 2.75) is 12.3 Å². The summed E-state index contributed by atoms with van der Waals surface area (Å²) in [7, 11) is 0. The number of carbonyl (C=O) groups is 1. The van der Waals surface area contributed by atoms with Crippen LogP contribution in [-0.4, -0.2) is 22.4 Å². The number of nitrogens with zero attached hydrogens (tertiary/aromatic N) is 2. The van der Waals surface area contributed by atoms with E-state index < -0.39 is 17.3 Å². The van der Waals surface area contributed by atoms with Crippen LogP contribution in [-0.2, 0) is 4.74 Å². The van der Waals surface area contributed by atoms with Crippen LogP contribution in [0.2, 0.25) is 5.02 Å². The molecule has 1 fully saturated rings. The summed E-state index contributed by atoms with van der Waals surface area (Å²) >= 11 is 6.01.